The third-order valence-electron chi connectivity index (χ3n) is 3.99. The zero-order valence-electron chi connectivity index (χ0n) is 14.4. The van der Waals surface area contributed by atoms with Crippen molar-refractivity contribution in [1.82, 2.24) is 10.3 Å². The van der Waals surface area contributed by atoms with Crippen LogP contribution in [0.15, 0.2) is 60.7 Å². The van der Waals surface area contributed by atoms with Crippen LogP contribution in [0.25, 0.3) is 22.2 Å². The van der Waals surface area contributed by atoms with E-state index < -0.39 is 0 Å². The van der Waals surface area contributed by atoms with Gasteiger partial charge in [-0.15, -0.1) is 0 Å². The molecular weight excluding hydrogens is 312 g/mol. The minimum atomic E-state index is -0.0766. The smallest absolute Gasteiger partial charge is 0.252 e. The Kier molecular flexibility index (Phi) is 5.75. The van der Waals surface area contributed by atoms with Crippen LogP contribution in [-0.2, 0) is 4.74 Å². The van der Waals surface area contributed by atoms with Gasteiger partial charge in [0.25, 0.3) is 5.91 Å². The molecule has 128 valence electrons. The normalized spacial score (nSPS) is 10.8. The molecule has 0 spiro atoms. The maximum absolute atomic E-state index is 12.7. The Morgan fingerprint density at radius 1 is 1.08 bits per heavy atom. The summed E-state index contributed by atoms with van der Waals surface area (Å²) in [6, 6.07) is 19.5. The Morgan fingerprint density at radius 3 is 2.64 bits per heavy atom. The highest BCUT2D eigenvalue weighted by Gasteiger charge is 2.13. The van der Waals surface area contributed by atoms with Crippen molar-refractivity contribution in [3.05, 3.63) is 66.2 Å². The highest BCUT2D eigenvalue weighted by Crippen LogP contribution is 2.24. The lowest BCUT2D eigenvalue weighted by Crippen LogP contribution is -2.25. The van der Waals surface area contributed by atoms with Crippen LogP contribution in [0.4, 0.5) is 0 Å². The largest absolute Gasteiger partial charge is 0.382 e. The average molecular weight is 334 g/mol. The third-order valence-corrected chi connectivity index (χ3v) is 3.99. The van der Waals surface area contributed by atoms with E-state index in [0.717, 1.165) is 28.6 Å². The molecule has 0 saturated carbocycles. The van der Waals surface area contributed by atoms with Gasteiger partial charge in [0.05, 0.1) is 16.8 Å². The van der Waals surface area contributed by atoms with Gasteiger partial charge in [-0.05, 0) is 25.5 Å². The van der Waals surface area contributed by atoms with Crippen molar-refractivity contribution in [2.75, 3.05) is 19.8 Å². The number of carbonyl (C=O) groups is 1. The zero-order chi connectivity index (χ0) is 17.5. The molecular formula is C21H22N2O2. The molecule has 0 radical (unpaired) electrons. The Hall–Kier alpha value is -2.72. The summed E-state index contributed by atoms with van der Waals surface area (Å²) < 4.78 is 5.31. The van der Waals surface area contributed by atoms with Gasteiger partial charge in [-0.1, -0.05) is 48.5 Å². The molecule has 4 nitrogen and oxygen atoms in total. The molecule has 0 aliphatic rings. The molecule has 4 heteroatoms. The molecule has 0 bridgehead atoms. The molecule has 3 aromatic rings. The van der Waals surface area contributed by atoms with Crippen molar-refractivity contribution in [2.24, 2.45) is 0 Å². The summed E-state index contributed by atoms with van der Waals surface area (Å²) in [6.07, 6.45) is 0.800. The van der Waals surface area contributed by atoms with E-state index in [2.05, 4.69) is 5.32 Å². The maximum atomic E-state index is 12.7. The number of hydrogen-bond acceptors (Lipinski definition) is 3. The molecule has 1 heterocycles. The Balaban J connectivity index is 1.89. The van der Waals surface area contributed by atoms with E-state index >= 15 is 0 Å². The number of carbonyl (C=O) groups excluding carboxylic acids is 1. The summed E-state index contributed by atoms with van der Waals surface area (Å²) in [5.74, 6) is -0.0766. The van der Waals surface area contributed by atoms with Gasteiger partial charge in [0.15, 0.2) is 0 Å². The number of fused-ring (bicyclic) bond motifs is 1. The van der Waals surface area contributed by atoms with Gasteiger partial charge in [-0.2, -0.15) is 0 Å². The summed E-state index contributed by atoms with van der Waals surface area (Å²) in [4.78, 5) is 17.4. The fourth-order valence-corrected chi connectivity index (χ4v) is 2.74. The first-order chi connectivity index (χ1) is 12.3. The number of rotatable bonds is 7. The fourth-order valence-electron chi connectivity index (χ4n) is 2.74. The second-order valence-electron chi connectivity index (χ2n) is 5.74. The van der Waals surface area contributed by atoms with Crippen LogP contribution < -0.4 is 5.32 Å². The first-order valence-electron chi connectivity index (χ1n) is 8.60. The van der Waals surface area contributed by atoms with Gasteiger partial charge in [0.1, 0.15) is 0 Å². The molecule has 3 rings (SSSR count). The van der Waals surface area contributed by atoms with Crippen molar-refractivity contribution >= 4 is 16.8 Å². The van der Waals surface area contributed by atoms with Gasteiger partial charge in [0.2, 0.25) is 0 Å². The molecule has 0 unspecified atom stereocenters. The van der Waals surface area contributed by atoms with Gasteiger partial charge < -0.3 is 10.1 Å². The lowest BCUT2D eigenvalue weighted by Gasteiger charge is -2.10. The van der Waals surface area contributed by atoms with Crippen molar-refractivity contribution < 1.29 is 9.53 Å². The summed E-state index contributed by atoms with van der Waals surface area (Å²) >= 11 is 0. The molecule has 1 amide bonds. The van der Waals surface area contributed by atoms with Crippen molar-refractivity contribution in [3.8, 4) is 11.3 Å². The zero-order valence-corrected chi connectivity index (χ0v) is 14.4. The average Bonchev–Trinajstić information content (AvgIpc) is 2.67. The van der Waals surface area contributed by atoms with Crippen molar-refractivity contribution in [3.63, 3.8) is 0 Å². The van der Waals surface area contributed by atoms with Gasteiger partial charge in [-0.25, -0.2) is 4.98 Å². The number of nitrogens with zero attached hydrogens (tertiary/aromatic N) is 1. The summed E-state index contributed by atoms with van der Waals surface area (Å²) in [6.45, 7) is 3.91. The Labute approximate surface area is 147 Å². The van der Waals surface area contributed by atoms with Crippen LogP contribution >= 0.6 is 0 Å². The maximum Gasteiger partial charge on any atom is 0.252 e. The molecule has 0 atom stereocenters. The third kappa shape index (κ3) is 4.22. The van der Waals surface area contributed by atoms with Crippen LogP contribution in [-0.4, -0.2) is 30.6 Å². The van der Waals surface area contributed by atoms with E-state index in [0.29, 0.717) is 25.3 Å². The van der Waals surface area contributed by atoms with Crippen LogP contribution in [0, 0.1) is 0 Å². The van der Waals surface area contributed by atoms with E-state index in [-0.39, 0.29) is 5.91 Å². The topological polar surface area (TPSA) is 51.2 Å². The van der Waals surface area contributed by atoms with E-state index in [1.54, 1.807) is 0 Å². The number of nitrogens with one attached hydrogen (secondary N) is 1. The van der Waals surface area contributed by atoms with Crippen LogP contribution in [0.1, 0.15) is 23.7 Å². The second kappa shape index (κ2) is 8.40. The van der Waals surface area contributed by atoms with Crippen LogP contribution in [0.3, 0.4) is 0 Å². The lowest BCUT2D eigenvalue weighted by molar-refractivity contribution is 0.0946. The molecule has 0 aliphatic heterocycles. The quantitative estimate of drug-likeness (QED) is 0.663. The minimum Gasteiger partial charge on any atom is -0.382 e. The highest BCUT2D eigenvalue weighted by molar-refractivity contribution is 6.07. The second-order valence-corrected chi connectivity index (χ2v) is 5.74. The number of para-hydroxylation sites is 1. The predicted molar refractivity (Wildman–Crippen MR) is 101 cm³/mol. The van der Waals surface area contributed by atoms with Gasteiger partial charge >= 0.3 is 0 Å². The Bertz CT molecular complexity index is 847. The number of pyridine rings is 1. The molecule has 2 aromatic carbocycles. The van der Waals surface area contributed by atoms with Crippen LogP contribution in [0.2, 0.25) is 0 Å². The lowest BCUT2D eigenvalue weighted by atomic mass is 10.0. The first kappa shape index (κ1) is 17.1. The monoisotopic (exact) mass is 334 g/mol. The standard InChI is InChI=1S/C21H22N2O2/c1-2-25-14-8-13-22-21(24)18-15-20(16-9-4-3-5-10-16)23-19-12-7-6-11-17(18)19/h3-7,9-12,15H,2,8,13-14H2,1H3,(H,22,24). The van der Waals surface area contributed by atoms with Crippen LogP contribution in [0.5, 0.6) is 0 Å². The van der Waals surface area contributed by atoms with E-state index in [9.17, 15) is 4.79 Å². The summed E-state index contributed by atoms with van der Waals surface area (Å²) in [7, 11) is 0. The summed E-state index contributed by atoms with van der Waals surface area (Å²) in [5.41, 5.74) is 3.28. The first-order valence-corrected chi connectivity index (χ1v) is 8.60. The van der Waals surface area contributed by atoms with Crippen molar-refractivity contribution in [2.45, 2.75) is 13.3 Å². The minimum absolute atomic E-state index is 0.0766. The SMILES string of the molecule is CCOCCCNC(=O)c1cc(-c2ccccc2)nc2ccccc12. The van der Waals surface area contributed by atoms with E-state index in [4.69, 9.17) is 9.72 Å². The van der Waals surface area contributed by atoms with Crippen molar-refractivity contribution in [1.29, 1.82) is 0 Å². The molecule has 25 heavy (non-hydrogen) atoms. The molecule has 0 aliphatic carbocycles. The summed E-state index contributed by atoms with van der Waals surface area (Å²) in [5, 5.41) is 3.85. The number of benzene rings is 2. The molecule has 0 fully saturated rings. The fraction of sp³-hybridized carbons (Fsp3) is 0.238. The Morgan fingerprint density at radius 2 is 1.84 bits per heavy atom. The van der Waals surface area contributed by atoms with E-state index in [1.807, 2.05) is 67.6 Å². The number of hydrogen-bond donors (Lipinski definition) is 1. The van der Waals surface area contributed by atoms with Gasteiger partial charge in [0, 0.05) is 30.7 Å². The highest BCUT2D eigenvalue weighted by atomic mass is 16.5. The molecule has 1 N–H and O–H groups in total. The predicted octanol–water partition coefficient (Wildman–Crippen LogP) is 4.06. The van der Waals surface area contributed by atoms with Gasteiger partial charge in [-0.3, -0.25) is 4.79 Å². The molecule has 1 aromatic heterocycles. The number of amides is 1. The van der Waals surface area contributed by atoms with E-state index in [1.165, 1.54) is 0 Å². The molecule has 0 saturated heterocycles. The number of ether oxygens (including phenoxy) is 1. The number of aromatic nitrogens is 1.